The highest BCUT2D eigenvalue weighted by atomic mass is 16.7. The quantitative estimate of drug-likeness (QED) is 0.545. The van der Waals surface area contributed by atoms with Gasteiger partial charge in [0.05, 0.1) is 19.8 Å². The van der Waals surface area contributed by atoms with Crippen molar-refractivity contribution in [2.75, 3.05) is 26.9 Å². The molecule has 0 amide bonds. The molecule has 0 aromatic carbocycles. The van der Waals surface area contributed by atoms with E-state index in [4.69, 9.17) is 9.57 Å². The van der Waals surface area contributed by atoms with Crippen molar-refractivity contribution in [3.05, 3.63) is 6.54 Å². The lowest BCUT2D eigenvalue weighted by Crippen LogP contribution is -2.18. The van der Waals surface area contributed by atoms with Crippen LogP contribution in [0.5, 0.6) is 0 Å². The van der Waals surface area contributed by atoms with Crippen LogP contribution in [0.4, 0.5) is 0 Å². The van der Waals surface area contributed by atoms with Crippen LogP contribution < -0.4 is 0 Å². The third kappa shape index (κ3) is 2.64. The van der Waals surface area contributed by atoms with Gasteiger partial charge in [0.1, 0.15) is 0 Å². The van der Waals surface area contributed by atoms with Crippen LogP contribution in [0, 0.1) is 6.54 Å². The summed E-state index contributed by atoms with van der Waals surface area (Å²) in [6.45, 7) is 4.44. The highest BCUT2D eigenvalue weighted by molar-refractivity contribution is 4.69. The minimum absolute atomic E-state index is 0.660. The molecular formula is C7H14NO2. The Hall–Kier alpha value is -0.120. The van der Waals surface area contributed by atoms with Crippen LogP contribution in [-0.2, 0) is 9.57 Å². The maximum atomic E-state index is 5.30. The number of ether oxygens (including phenoxy) is 1. The highest BCUT2D eigenvalue weighted by Crippen LogP contribution is 2.11. The third-order valence-electron chi connectivity index (χ3n) is 1.46. The molecule has 0 aliphatic carbocycles. The van der Waals surface area contributed by atoms with Crippen LogP contribution in [0.3, 0.4) is 0 Å². The molecule has 1 aliphatic heterocycles. The maximum absolute atomic E-state index is 5.30. The topological polar surface area (TPSA) is 21.7 Å². The van der Waals surface area contributed by atoms with E-state index in [0.717, 1.165) is 13.0 Å². The van der Waals surface area contributed by atoms with E-state index in [1.165, 1.54) is 6.42 Å². The molecule has 1 fully saturated rings. The fourth-order valence-corrected chi connectivity index (χ4v) is 0.929. The van der Waals surface area contributed by atoms with Crippen molar-refractivity contribution < 1.29 is 9.57 Å². The van der Waals surface area contributed by atoms with E-state index in [-0.39, 0.29) is 0 Å². The third-order valence-corrected chi connectivity index (χ3v) is 1.46. The zero-order chi connectivity index (χ0) is 7.23. The molecule has 10 heavy (non-hydrogen) atoms. The van der Waals surface area contributed by atoms with Crippen molar-refractivity contribution in [2.45, 2.75) is 12.8 Å². The maximum Gasteiger partial charge on any atom is 0.0918 e. The summed E-state index contributed by atoms with van der Waals surface area (Å²) in [4.78, 5) is 5.30. The first kappa shape index (κ1) is 7.98. The lowest BCUT2D eigenvalue weighted by Gasteiger charge is -2.13. The molecule has 0 unspecified atom stereocenters. The van der Waals surface area contributed by atoms with E-state index in [1.54, 1.807) is 7.11 Å². The van der Waals surface area contributed by atoms with Gasteiger partial charge in [-0.1, -0.05) is 0 Å². The van der Waals surface area contributed by atoms with Crippen molar-refractivity contribution in [3.8, 4) is 0 Å². The smallest absolute Gasteiger partial charge is 0.0918 e. The van der Waals surface area contributed by atoms with Gasteiger partial charge in [0.2, 0.25) is 0 Å². The first-order valence-corrected chi connectivity index (χ1v) is 3.65. The molecule has 1 aliphatic rings. The predicted octanol–water partition coefficient (Wildman–Crippen LogP) is 0.822. The van der Waals surface area contributed by atoms with Crippen molar-refractivity contribution >= 4 is 0 Å². The molecule has 0 spiro atoms. The molecular weight excluding hydrogens is 130 g/mol. The molecule has 1 rings (SSSR count). The highest BCUT2D eigenvalue weighted by Gasteiger charge is 2.11. The molecule has 59 valence electrons. The van der Waals surface area contributed by atoms with E-state index < -0.39 is 0 Å². The molecule has 0 atom stereocenters. The normalized spacial score (nSPS) is 20.1. The average molecular weight is 144 g/mol. The molecule has 1 radical (unpaired) electrons. The zero-order valence-electron chi connectivity index (χ0n) is 6.38. The minimum Gasteiger partial charge on any atom is -0.382 e. The molecule has 1 heterocycles. The van der Waals surface area contributed by atoms with Gasteiger partial charge < -0.3 is 4.74 Å². The van der Waals surface area contributed by atoms with Crippen LogP contribution in [0.2, 0.25) is 0 Å². The standard InChI is InChI=1S/C7H14NO2/c1-9-6-7-10-8-4-2-3-5-8/h4H,2-3,5-7H2,1H3. The summed E-state index contributed by atoms with van der Waals surface area (Å²) in [5, 5.41) is 1.89. The Morgan fingerprint density at radius 2 is 2.40 bits per heavy atom. The van der Waals surface area contributed by atoms with Crippen molar-refractivity contribution in [2.24, 2.45) is 0 Å². The Kier molecular flexibility index (Phi) is 3.72. The number of rotatable bonds is 4. The Bertz CT molecular complexity index is 81.7. The Balaban J connectivity index is 1.91. The molecule has 0 bridgehead atoms. The van der Waals surface area contributed by atoms with Gasteiger partial charge in [0.25, 0.3) is 0 Å². The minimum atomic E-state index is 0.660. The Labute approximate surface area is 61.9 Å². The average Bonchev–Trinajstić information content (AvgIpc) is 2.41. The molecule has 1 saturated heterocycles. The van der Waals surface area contributed by atoms with E-state index in [9.17, 15) is 0 Å². The van der Waals surface area contributed by atoms with Gasteiger partial charge in [0.15, 0.2) is 0 Å². The van der Waals surface area contributed by atoms with Crippen molar-refractivity contribution in [1.82, 2.24) is 5.06 Å². The van der Waals surface area contributed by atoms with Crippen molar-refractivity contribution in [3.63, 3.8) is 0 Å². The lowest BCUT2D eigenvalue weighted by atomic mass is 10.4. The van der Waals surface area contributed by atoms with E-state index in [0.29, 0.717) is 13.2 Å². The number of hydroxylamine groups is 2. The molecule has 3 heteroatoms. The summed E-state index contributed by atoms with van der Waals surface area (Å²) >= 11 is 0. The van der Waals surface area contributed by atoms with Crippen molar-refractivity contribution in [1.29, 1.82) is 0 Å². The second-order valence-electron chi connectivity index (χ2n) is 2.29. The fraction of sp³-hybridized carbons (Fsp3) is 0.857. The molecule has 3 nitrogen and oxygen atoms in total. The van der Waals surface area contributed by atoms with Gasteiger partial charge in [0, 0.05) is 13.7 Å². The summed E-state index contributed by atoms with van der Waals surface area (Å²) in [5.41, 5.74) is 0. The van der Waals surface area contributed by atoms with E-state index in [1.807, 2.05) is 5.06 Å². The number of methoxy groups -OCH3 is 1. The lowest BCUT2D eigenvalue weighted by molar-refractivity contribution is -0.134. The van der Waals surface area contributed by atoms with Gasteiger partial charge in [-0.3, -0.25) is 4.84 Å². The molecule has 0 saturated carbocycles. The fourth-order valence-electron chi connectivity index (χ4n) is 0.929. The van der Waals surface area contributed by atoms with Crippen LogP contribution >= 0.6 is 0 Å². The summed E-state index contributed by atoms with van der Waals surface area (Å²) in [6.07, 6.45) is 2.36. The summed E-state index contributed by atoms with van der Waals surface area (Å²) in [5.74, 6) is 0. The van der Waals surface area contributed by atoms with Gasteiger partial charge in [-0.05, 0) is 12.8 Å². The van der Waals surface area contributed by atoms with E-state index >= 15 is 0 Å². The zero-order valence-corrected chi connectivity index (χ0v) is 6.38. The second-order valence-corrected chi connectivity index (χ2v) is 2.29. The number of nitrogens with zero attached hydrogens (tertiary/aromatic N) is 1. The summed E-state index contributed by atoms with van der Waals surface area (Å²) < 4.78 is 4.84. The van der Waals surface area contributed by atoms with Gasteiger partial charge in [-0.25, -0.2) is 0 Å². The van der Waals surface area contributed by atoms with Crippen LogP contribution in [0.1, 0.15) is 12.8 Å². The van der Waals surface area contributed by atoms with Gasteiger partial charge in [-0.15, -0.1) is 0 Å². The summed E-state index contributed by atoms with van der Waals surface area (Å²) in [7, 11) is 1.68. The van der Waals surface area contributed by atoms with Gasteiger partial charge >= 0.3 is 0 Å². The molecule has 0 aromatic heterocycles. The second kappa shape index (κ2) is 4.66. The number of hydrogen-bond acceptors (Lipinski definition) is 3. The van der Waals surface area contributed by atoms with E-state index in [2.05, 4.69) is 6.54 Å². The summed E-state index contributed by atoms with van der Waals surface area (Å²) in [6, 6.07) is 0. The first-order valence-electron chi connectivity index (χ1n) is 3.65. The molecule has 0 aromatic rings. The van der Waals surface area contributed by atoms with Crippen LogP contribution in [0.25, 0.3) is 0 Å². The number of hydrogen-bond donors (Lipinski definition) is 0. The van der Waals surface area contributed by atoms with Gasteiger partial charge in [-0.2, -0.15) is 5.06 Å². The Morgan fingerprint density at radius 3 is 3.00 bits per heavy atom. The largest absolute Gasteiger partial charge is 0.382 e. The van der Waals surface area contributed by atoms with Crippen LogP contribution in [-0.4, -0.2) is 31.9 Å². The Morgan fingerprint density at radius 1 is 1.50 bits per heavy atom. The SMILES string of the molecule is COCCON1[CH]CCC1. The van der Waals surface area contributed by atoms with Crippen LogP contribution in [0.15, 0.2) is 0 Å². The monoisotopic (exact) mass is 144 g/mol. The first-order chi connectivity index (χ1) is 4.93. The molecule has 0 N–H and O–H groups in total. The predicted molar refractivity (Wildman–Crippen MR) is 38.1 cm³/mol.